The van der Waals surface area contributed by atoms with Crippen LogP contribution in [0.3, 0.4) is 0 Å². The number of aromatic carboxylic acids is 1. The van der Waals surface area contributed by atoms with Crippen molar-refractivity contribution >= 4 is 23.5 Å². The zero-order valence-corrected chi connectivity index (χ0v) is 11.2. The number of nitrogens with zero attached hydrogens (tertiary/aromatic N) is 1. The van der Waals surface area contributed by atoms with Crippen molar-refractivity contribution in [1.82, 2.24) is 4.98 Å². The lowest BCUT2D eigenvalue weighted by Crippen LogP contribution is -2.26. The Bertz CT molecular complexity index is 502. The second-order valence-electron chi connectivity index (χ2n) is 4.43. The van der Waals surface area contributed by atoms with E-state index >= 15 is 0 Å². The average Bonchev–Trinajstić information content (AvgIpc) is 2.38. The van der Waals surface area contributed by atoms with Gasteiger partial charge in [-0.25, -0.2) is 9.78 Å². The molecule has 0 spiro atoms. The predicted molar refractivity (Wildman–Crippen MR) is 70.2 cm³/mol. The van der Waals surface area contributed by atoms with Crippen LogP contribution in [0.4, 0.5) is 19.0 Å². The van der Waals surface area contributed by atoms with Crippen molar-refractivity contribution in [2.45, 2.75) is 25.1 Å². The van der Waals surface area contributed by atoms with Crippen LogP contribution >= 0.6 is 11.8 Å². The molecule has 1 saturated heterocycles. The van der Waals surface area contributed by atoms with E-state index < -0.39 is 17.8 Å². The number of rotatable bonds is 3. The van der Waals surface area contributed by atoms with Crippen LogP contribution in [0.25, 0.3) is 0 Å². The summed E-state index contributed by atoms with van der Waals surface area (Å²) in [5.74, 6) is 0.307. The van der Waals surface area contributed by atoms with Crippen molar-refractivity contribution in [3.63, 3.8) is 0 Å². The number of alkyl halides is 3. The Kier molecular flexibility index (Phi) is 4.42. The third kappa shape index (κ3) is 3.56. The minimum atomic E-state index is -4.59. The zero-order valence-electron chi connectivity index (χ0n) is 10.4. The monoisotopic (exact) mass is 306 g/mol. The second kappa shape index (κ2) is 5.90. The fourth-order valence-electron chi connectivity index (χ4n) is 1.93. The van der Waals surface area contributed by atoms with Crippen molar-refractivity contribution < 1.29 is 23.1 Å². The largest absolute Gasteiger partial charge is 0.478 e. The topological polar surface area (TPSA) is 62.2 Å². The lowest BCUT2D eigenvalue weighted by molar-refractivity contribution is -0.141. The van der Waals surface area contributed by atoms with Gasteiger partial charge in [0.2, 0.25) is 0 Å². The third-order valence-electron chi connectivity index (χ3n) is 2.98. The van der Waals surface area contributed by atoms with Gasteiger partial charge in [0.05, 0.1) is 0 Å². The molecule has 0 radical (unpaired) electrons. The summed E-state index contributed by atoms with van der Waals surface area (Å²) in [6.07, 6.45) is -3.03. The first-order chi connectivity index (χ1) is 9.38. The molecule has 0 amide bonds. The summed E-state index contributed by atoms with van der Waals surface area (Å²) in [5.41, 5.74) is -1.33. The lowest BCUT2D eigenvalue weighted by Gasteiger charge is -2.24. The van der Waals surface area contributed by atoms with Gasteiger partial charge in [-0.2, -0.15) is 24.9 Å². The molecule has 110 valence electrons. The number of anilines is 1. The van der Waals surface area contributed by atoms with Crippen LogP contribution in [0.1, 0.15) is 28.9 Å². The molecule has 8 heteroatoms. The van der Waals surface area contributed by atoms with Crippen LogP contribution in [0.5, 0.6) is 0 Å². The van der Waals surface area contributed by atoms with Gasteiger partial charge in [0.1, 0.15) is 17.1 Å². The van der Waals surface area contributed by atoms with Crippen molar-refractivity contribution in [3.8, 4) is 0 Å². The summed E-state index contributed by atoms with van der Waals surface area (Å²) in [4.78, 5) is 14.5. The molecule has 1 aliphatic rings. The smallest absolute Gasteiger partial charge is 0.433 e. The molecule has 20 heavy (non-hydrogen) atoms. The summed E-state index contributed by atoms with van der Waals surface area (Å²) < 4.78 is 37.9. The van der Waals surface area contributed by atoms with Gasteiger partial charge in [0, 0.05) is 6.04 Å². The molecule has 0 aliphatic carbocycles. The van der Waals surface area contributed by atoms with Crippen molar-refractivity contribution in [2.24, 2.45) is 0 Å². The summed E-state index contributed by atoms with van der Waals surface area (Å²) in [6, 6.07) is 1.59. The molecule has 1 aromatic heterocycles. The van der Waals surface area contributed by atoms with E-state index in [-0.39, 0.29) is 17.4 Å². The maximum atomic E-state index is 12.6. The zero-order chi connectivity index (χ0) is 14.8. The first-order valence-corrected chi connectivity index (χ1v) is 7.19. The van der Waals surface area contributed by atoms with Gasteiger partial charge >= 0.3 is 12.1 Å². The Morgan fingerprint density at radius 2 is 2.00 bits per heavy atom. The molecule has 0 aromatic carbocycles. The summed E-state index contributed by atoms with van der Waals surface area (Å²) in [5, 5.41) is 11.9. The van der Waals surface area contributed by atoms with E-state index in [0.717, 1.165) is 30.4 Å². The lowest BCUT2D eigenvalue weighted by atomic mass is 10.1. The van der Waals surface area contributed by atoms with Gasteiger partial charge in [0.15, 0.2) is 0 Å². The van der Waals surface area contributed by atoms with Crippen molar-refractivity contribution in [1.29, 1.82) is 0 Å². The molecule has 0 unspecified atom stereocenters. The normalized spacial score (nSPS) is 16.9. The predicted octanol–water partition coefficient (Wildman–Crippen LogP) is 3.11. The number of carboxylic acids is 1. The first-order valence-electron chi connectivity index (χ1n) is 6.04. The van der Waals surface area contributed by atoms with Gasteiger partial charge < -0.3 is 10.4 Å². The summed E-state index contributed by atoms with van der Waals surface area (Å²) in [6.45, 7) is 0. The van der Waals surface area contributed by atoms with Crippen LogP contribution in [-0.4, -0.2) is 33.6 Å². The number of nitrogens with one attached hydrogen (secondary N) is 1. The van der Waals surface area contributed by atoms with Crippen molar-refractivity contribution in [3.05, 3.63) is 23.4 Å². The maximum Gasteiger partial charge on any atom is 0.433 e. The number of hydrogen-bond donors (Lipinski definition) is 2. The van der Waals surface area contributed by atoms with E-state index in [1.807, 2.05) is 0 Å². The average molecular weight is 306 g/mol. The molecule has 2 heterocycles. The summed E-state index contributed by atoms with van der Waals surface area (Å²) >= 11 is 1.77. The van der Waals surface area contributed by atoms with Crippen LogP contribution in [0.2, 0.25) is 0 Å². The van der Waals surface area contributed by atoms with E-state index in [9.17, 15) is 18.0 Å². The Balaban J connectivity index is 2.29. The number of pyridine rings is 1. The SMILES string of the molecule is O=C(O)c1ccc(C(F)(F)F)nc1NC1CCSCC1. The maximum absolute atomic E-state index is 12.6. The first kappa shape index (κ1) is 15.0. The Morgan fingerprint density at radius 3 is 2.55 bits per heavy atom. The van der Waals surface area contributed by atoms with E-state index in [1.54, 1.807) is 11.8 Å². The molecular weight excluding hydrogens is 293 g/mol. The fraction of sp³-hybridized carbons (Fsp3) is 0.500. The number of carbonyl (C=O) groups is 1. The number of hydrogen-bond acceptors (Lipinski definition) is 4. The Hall–Kier alpha value is -1.44. The van der Waals surface area contributed by atoms with Crippen molar-refractivity contribution in [2.75, 3.05) is 16.8 Å². The number of carboxylic acid groups (broad SMARTS) is 1. The highest BCUT2D eigenvalue weighted by molar-refractivity contribution is 7.99. The van der Waals surface area contributed by atoms with Gasteiger partial charge in [-0.05, 0) is 36.5 Å². The molecule has 1 aromatic rings. The summed E-state index contributed by atoms with van der Waals surface area (Å²) in [7, 11) is 0. The van der Waals surface area contributed by atoms with Crippen LogP contribution in [-0.2, 0) is 6.18 Å². The van der Waals surface area contributed by atoms with Gasteiger partial charge in [-0.15, -0.1) is 0 Å². The number of halogens is 3. The molecule has 4 nitrogen and oxygen atoms in total. The molecule has 1 aliphatic heterocycles. The Morgan fingerprint density at radius 1 is 1.35 bits per heavy atom. The molecule has 1 fully saturated rings. The van der Waals surface area contributed by atoms with Crippen LogP contribution < -0.4 is 5.32 Å². The van der Waals surface area contributed by atoms with Crippen LogP contribution in [0.15, 0.2) is 12.1 Å². The number of thioether (sulfide) groups is 1. The standard InChI is InChI=1S/C12H13F3N2O2S/c13-12(14,15)9-2-1-8(11(18)19)10(17-9)16-7-3-5-20-6-4-7/h1-2,7H,3-6H2,(H,16,17)(H,18,19). The molecule has 0 atom stereocenters. The van der Waals surface area contributed by atoms with E-state index in [4.69, 9.17) is 5.11 Å². The van der Waals surface area contributed by atoms with Gasteiger partial charge in [-0.3, -0.25) is 0 Å². The highest BCUT2D eigenvalue weighted by atomic mass is 32.2. The molecule has 0 saturated carbocycles. The van der Waals surface area contributed by atoms with E-state index in [1.165, 1.54) is 0 Å². The minimum Gasteiger partial charge on any atom is -0.478 e. The molecular formula is C12H13F3N2O2S. The number of aromatic nitrogens is 1. The highest BCUT2D eigenvalue weighted by Crippen LogP contribution is 2.30. The molecule has 2 rings (SSSR count). The van der Waals surface area contributed by atoms with E-state index in [0.29, 0.717) is 6.07 Å². The third-order valence-corrected chi connectivity index (χ3v) is 4.03. The van der Waals surface area contributed by atoms with E-state index in [2.05, 4.69) is 10.3 Å². The quantitative estimate of drug-likeness (QED) is 0.898. The molecule has 2 N–H and O–H groups in total. The highest BCUT2D eigenvalue weighted by Gasteiger charge is 2.33. The van der Waals surface area contributed by atoms with Gasteiger partial charge in [0.25, 0.3) is 0 Å². The second-order valence-corrected chi connectivity index (χ2v) is 5.65. The fourth-order valence-corrected chi connectivity index (χ4v) is 3.04. The van der Waals surface area contributed by atoms with Gasteiger partial charge in [-0.1, -0.05) is 0 Å². The molecule has 0 bridgehead atoms. The van der Waals surface area contributed by atoms with Crippen LogP contribution in [0, 0.1) is 0 Å². The minimum absolute atomic E-state index is 0.0367. The Labute approximate surface area is 117 Å².